The molecule has 0 saturated heterocycles. The summed E-state index contributed by atoms with van der Waals surface area (Å²) in [7, 11) is 1.75. The van der Waals surface area contributed by atoms with Gasteiger partial charge in [0.25, 0.3) is 0 Å². The second-order valence-electron chi connectivity index (χ2n) is 5.54. The lowest BCUT2D eigenvalue weighted by Crippen LogP contribution is -2.40. The predicted molar refractivity (Wildman–Crippen MR) is 87.5 cm³/mol. The summed E-state index contributed by atoms with van der Waals surface area (Å²) in [6, 6.07) is 11.3. The summed E-state index contributed by atoms with van der Waals surface area (Å²) in [5.74, 6) is 1.60. The molecule has 2 unspecified atom stereocenters. The Balaban J connectivity index is 1.89. The summed E-state index contributed by atoms with van der Waals surface area (Å²) in [5.41, 5.74) is 1.36. The molecule has 0 radical (unpaired) electrons. The highest BCUT2D eigenvalue weighted by molar-refractivity contribution is 8.14. The zero-order valence-corrected chi connectivity index (χ0v) is 13.3. The summed E-state index contributed by atoms with van der Waals surface area (Å²) in [4.78, 5) is 4.80. The third kappa shape index (κ3) is 4.53. The van der Waals surface area contributed by atoms with Crippen LogP contribution in [0.5, 0.6) is 0 Å². The zero-order chi connectivity index (χ0) is 14.4. The van der Waals surface area contributed by atoms with Crippen molar-refractivity contribution in [2.45, 2.75) is 32.4 Å². The summed E-state index contributed by atoms with van der Waals surface area (Å²) in [6.45, 7) is 5.14. The number of nitrogens with zero attached hydrogens (tertiary/aromatic N) is 1. The Morgan fingerprint density at radius 3 is 2.75 bits per heavy atom. The molecule has 110 valence electrons. The van der Waals surface area contributed by atoms with Gasteiger partial charge in [0.2, 0.25) is 0 Å². The smallest absolute Gasteiger partial charge is 0.157 e. The summed E-state index contributed by atoms with van der Waals surface area (Å²) in [5, 5.41) is 4.59. The van der Waals surface area contributed by atoms with Gasteiger partial charge in [-0.2, -0.15) is 0 Å². The Hall–Kier alpha value is -1.00. The number of rotatable bonds is 6. The maximum atomic E-state index is 5.27. The molecule has 1 N–H and O–H groups in total. The normalized spacial score (nSPS) is 20.0. The van der Waals surface area contributed by atoms with Gasteiger partial charge >= 0.3 is 0 Å². The van der Waals surface area contributed by atoms with Gasteiger partial charge in [-0.15, -0.1) is 0 Å². The lowest BCUT2D eigenvalue weighted by molar-refractivity contribution is 0.156. The maximum Gasteiger partial charge on any atom is 0.157 e. The lowest BCUT2D eigenvalue weighted by atomic mass is 10.1. The topological polar surface area (TPSA) is 33.6 Å². The van der Waals surface area contributed by atoms with Crippen molar-refractivity contribution >= 4 is 16.9 Å². The quantitative estimate of drug-likeness (QED) is 0.875. The van der Waals surface area contributed by atoms with Crippen LogP contribution in [0, 0.1) is 5.92 Å². The summed E-state index contributed by atoms with van der Waals surface area (Å²) in [6.07, 6.45) is 1.02. The van der Waals surface area contributed by atoms with Gasteiger partial charge in [-0.1, -0.05) is 55.9 Å². The second-order valence-corrected chi connectivity index (χ2v) is 6.55. The number of amidine groups is 1. The molecule has 3 nitrogen and oxygen atoms in total. The van der Waals surface area contributed by atoms with E-state index in [1.807, 2.05) is 11.8 Å². The molecular formula is C16H24N2OS. The molecule has 1 aromatic carbocycles. The Bertz CT molecular complexity index is 433. The monoisotopic (exact) mass is 292 g/mol. The fourth-order valence-corrected chi connectivity index (χ4v) is 3.23. The van der Waals surface area contributed by atoms with E-state index in [0.717, 1.165) is 23.9 Å². The molecule has 0 saturated carbocycles. The Labute approximate surface area is 126 Å². The average molecular weight is 292 g/mol. The highest BCUT2D eigenvalue weighted by Gasteiger charge is 2.22. The van der Waals surface area contributed by atoms with Crippen molar-refractivity contribution in [3.8, 4) is 0 Å². The molecule has 0 spiro atoms. The number of methoxy groups -OCH3 is 1. The fraction of sp³-hybridized carbons (Fsp3) is 0.562. The molecule has 1 aromatic rings. The minimum atomic E-state index is 0.335. The van der Waals surface area contributed by atoms with Crippen LogP contribution in [-0.2, 0) is 11.2 Å². The predicted octanol–water partition coefficient (Wildman–Crippen LogP) is 2.96. The van der Waals surface area contributed by atoms with Gasteiger partial charge in [0.05, 0.1) is 18.7 Å². The number of thioether (sulfide) groups is 1. The summed E-state index contributed by atoms with van der Waals surface area (Å²) >= 11 is 1.82. The number of nitrogens with one attached hydrogen (secondary N) is 1. The van der Waals surface area contributed by atoms with E-state index in [2.05, 4.69) is 49.5 Å². The van der Waals surface area contributed by atoms with E-state index in [0.29, 0.717) is 18.0 Å². The molecule has 2 rings (SSSR count). The first-order valence-corrected chi connectivity index (χ1v) is 8.17. The highest BCUT2D eigenvalue weighted by Crippen LogP contribution is 2.21. The molecular weight excluding hydrogens is 268 g/mol. The van der Waals surface area contributed by atoms with E-state index >= 15 is 0 Å². The van der Waals surface area contributed by atoms with E-state index in [9.17, 15) is 0 Å². The lowest BCUT2D eigenvalue weighted by Gasteiger charge is -2.21. The number of ether oxygens (including phenoxy) is 1. The third-order valence-corrected chi connectivity index (χ3v) is 4.53. The Morgan fingerprint density at radius 1 is 1.35 bits per heavy atom. The Kier molecular flexibility index (Phi) is 5.92. The van der Waals surface area contributed by atoms with Crippen molar-refractivity contribution in [2.75, 3.05) is 19.5 Å². The highest BCUT2D eigenvalue weighted by atomic mass is 32.2. The minimum Gasteiger partial charge on any atom is -0.383 e. The van der Waals surface area contributed by atoms with Crippen LogP contribution in [-0.4, -0.2) is 36.7 Å². The molecule has 0 aliphatic carbocycles. The zero-order valence-electron chi connectivity index (χ0n) is 12.5. The second kappa shape index (κ2) is 7.70. The first-order valence-electron chi connectivity index (χ1n) is 7.19. The van der Waals surface area contributed by atoms with E-state index in [4.69, 9.17) is 9.73 Å². The average Bonchev–Trinajstić information content (AvgIpc) is 2.86. The van der Waals surface area contributed by atoms with Gasteiger partial charge in [0.15, 0.2) is 5.17 Å². The van der Waals surface area contributed by atoms with Crippen LogP contribution in [0.3, 0.4) is 0 Å². The minimum absolute atomic E-state index is 0.335. The van der Waals surface area contributed by atoms with Crippen molar-refractivity contribution in [3.05, 3.63) is 35.9 Å². The van der Waals surface area contributed by atoms with Crippen LogP contribution in [0.15, 0.2) is 35.3 Å². The third-order valence-electron chi connectivity index (χ3n) is 3.49. The molecule has 20 heavy (non-hydrogen) atoms. The van der Waals surface area contributed by atoms with Gasteiger partial charge in [-0.05, 0) is 17.9 Å². The number of hydrogen-bond donors (Lipinski definition) is 1. The van der Waals surface area contributed by atoms with Crippen LogP contribution < -0.4 is 5.32 Å². The largest absolute Gasteiger partial charge is 0.383 e. The van der Waals surface area contributed by atoms with E-state index in [-0.39, 0.29) is 0 Å². The van der Waals surface area contributed by atoms with Crippen LogP contribution >= 0.6 is 11.8 Å². The molecule has 0 bridgehead atoms. The molecule has 0 amide bonds. The molecule has 0 aromatic heterocycles. The van der Waals surface area contributed by atoms with Crippen LogP contribution in [0.2, 0.25) is 0 Å². The Morgan fingerprint density at radius 2 is 2.10 bits per heavy atom. The molecule has 1 aliphatic rings. The van der Waals surface area contributed by atoms with E-state index in [1.54, 1.807) is 7.11 Å². The van der Waals surface area contributed by atoms with Crippen molar-refractivity contribution < 1.29 is 4.74 Å². The molecule has 1 aliphatic heterocycles. The fourth-order valence-electron chi connectivity index (χ4n) is 2.22. The number of benzene rings is 1. The van der Waals surface area contributed by atoms with Gasteiger partial charge in [-0.3, -0.25) is 4.99 Å². The van der Waals surface area contributed by atoms with Crippen LogP contribution in [0.4, 0.5) is 0 Å². The van der Waals surface area contributed by atoms with Gasteiger partial charge in [-0.25, -0.2) is 0 Å². The standard InChI is InChI=1S/C16H24N2OS/c1-12(2)15(10-19-3)18-16-17-14(11-20-16)9-13-7-5-4-6-8-13/h4-8,12,14-15H,9-11H2,1-3H3,(H,17,18). The molecule has 2 atom stereocenters. The SMILES string of the molecule is COCC(NC1=NC(Cc2ccccc2)CS1)C(C)C. The van der Waals surface area contributed by atoms with Gasteiger partial charge in [0, 0.05) is 12.9 Å². The molecule has 4 heteroatoms. The van der Waals surface area contributed by atoms with Crippen molar-refractivity contribution in [2.24, 2.45) is 10.9 Å². The molecule has 1 heterocycles. The molecule has 0 fully saturated rings. The van der Waals surface area contributed by atoms with Gasteiger partial charge in [0.1, 0.15) is 0 Å². The van der Waals surface area contributed by atoms with Gasteiger partial charge < -0.3 is 10.1 Å². The van der Waals surface area contributed by atoms with Crippen LogP contribution in [0.25, 0.3) is 0 Å². The number of hydrogen-bond acceptors (Lipinski definition) is 4. The van der Waals surface area contributed by atoms with E-state index in [1.165, 1.54) is 5.56 Å². The first kappa shape index (κ1) is 15.4. The number of aliphatic imine (C=N–C) groups is 1. The van der Waals surface area contributed by atoms with E-state index < -0.39 is 0 Å². The first-order chi connectivity index (χ1) is 9.69. The summed E-state index contributed by atoms with van der Waals surface area (Å²) < 4.78 is 5.27. The van der Waals surface area contributed by atoms with Crippen LogP contribution in [0.1, 0.15) is 19.4 Å². The van der Waals surface area contributed by atoms with Crippen molar-refractivity contribution in [3.63, 3.8) is 0 Å². The maximum absolute atomic E-state index is 5.27. The van der Waals surface area contributed by atoms with Crippen molar-refractivity contribution in [1.29, 1.82) is 0 Å². The van der Waals surface area contributed by atoms with Crippen molar-refractivity contribution in [1.82, 2.24) is 5.32 Å².